The molecule has 0 aliphatic rings. The van der Waals surface area contributed by atoms with Gasteiger partial charge in [0.25, 0.3) is 0 Å². The van der Waals surface area contributed by atoms with Crippen molar-refractivity contribution in [1.29, 1.82) is 0 Å². The monoisotopic (exact) mass is 380 g/mol. The summed E-state index contributed by atoms with van der Waals surface area (Å²) in [7, 11) is -8.00. The van der Waals surface area contributed by atoms with Gasteiger partial charge in [-0.3, -0.25) is 9.09 Å². The zero-order chi connectivity index (χ0) is 17.0. The minimum atomic E-state index is -4.68. The highest BCUT2D eigenvalue weighted by molar-refractivity contribution is 8.00. The van der Waals surface area contributed by atoms with Crippen molar-refractivity contribution in [3.05, 3.63) is 23.8 Å². The minimum Gasteiger partial charge on any atom is -0.326 e. The predicted octanol–water partition coefficient (Wildman–Crippen LogP) is 2.92. The smallest absolute Gasteiger partial charge is 0.326 e. The lowest BCUT2D eigenvalue weighted by Gasteiger charge is -2.14. The predicted molar refractivity (Wildman–Crippen MR) is 73.2 cm³/mol. The number of benzene rings is 1. The molecule has 1 atom stereocenters. The van der Waals surface area contributed by atoms with Gasteiger partial charge >= 0.3 is 23.9 Å². The Balaban J connectivity index is 3.21. The summed E-state index contributed by atoms with van der Waals surface area (Å²) in [5.41, 5.74) is -4.55. The molecule has 0 bridgehead atoms. The highest BCUT2D eigenvalue weighted by Gasteiger charge is 2.34. The van der Waals surface area contributed by atoms with Gasteiger partial charge in [-0.25, -0.2) is 4.18 Å². The zero-order valence-electron chi connectivity index (χ0n) is 11.1. The van der Waals surface area contributed by atoms with E-state index in [2.05, 4.69) is 8.71 Å². The molecule has 0 fully saturated rings. The molecule has 0 amide bonds. The van der Waals surface area contributed by atoms with Crippen molar-refractivity contribution in [3.8, 4) is 0 Å². The number of hydrogen-bond donors (Lipinski definition) is 1. The van der Waals surface area contributed by atoms with E-state index >= 15 is 0 Å². The maximum Gasteiger partial charge on any atom is 0.446 e. The Bertz CT molecular complexity index is 647. The minimum absolute atomic E-state index is 0.130. The fourth-order valence-electron chi connectivity index (χ4n) is 1.53. The number of rotatable bonds is 7. The zero-order valence-corrected chi connectivity index (χ0v) is 13.7. The van der Waals surface area contributed by atoms with E-state index in [9.17, 15) is 26.2 Å². The summed E-state index contributed by atoms with van der Waals surface area (Å²) >= 11 is -0.581. The molecule has 126 valence electrons. The largest absolute Gasteiger partial charge is 0.446 e. The van der Waals surface area contributed by atoms with E-state index in [1.54, 1.807) is 6.92 Å². The first-order chi connectivity index (χ1) is 10.1. The van der Waals surface area contributed by atoms with Crippen LogP contribution in [-0.2, 0) is 29.8 Å². The van der Waals surface area contributed by atoms with E-state index in [1.165, 1.54) is 12.1 Å². The molecule has 1 aromatic rings. The number of thioether (sulfide) groups is 1. The van der Waals surface area contributed by atoms with Crippen LogP contribution in [-0.4, -0.2) is 25.6 Å². The van der Waals surface area contributed by atoms with Crippen LogP contribution in [0.4, 0.5) is 13.2 Å². The van der Waals surface area contributed by atoms with Crippen molar-refractivity contribution in [1.82, 2.24) is 0 Å². The van der Waals surface area contributed by atoms with Gasteiger partial charge in [-0.2, -0.15) is 21.6 Å². The van der Waals surface area contributed by atoms with E-state index in [1.807, 2.05) is 0 Å². The van der Waals surface area contributed by atoms with Gasteiger partial charge in [0.1, 0.15) is 4.90 Å². The SMILES string of the molecule is CCc1cccc(SC(F)(F)F)c1S(=O)(=O)OCO[PH](=O)O. The van der Waals surface area contributed by atoms with Crippen LogP contribution in [0.5, 0.6) is 0 Å². The van der Waals surface area contributed by atoms with Gasteiger partial charge in [-0.15, -0.1) is 0 Å². The van der Waals surface area contributed by atoms with Gasteiger partial charge in [0, 0.05) is 4.90 Å². The highest BCUT2D eigenvalue weighted by atomic mass is 32.2. The average molecular weight is 380 g/mol. The molecule has 0 saturated carbocycles. The number of aryl methyl sites for hydroxylation is 1. The van der Waals surface area contributed by atoms with E-state index in [4.69, 9.17) is 4.89 Å². The second-order valence-corrected chi connectivity index (χ2v) is 7.23. The quantitative estimate of drug-likeness (QED) is 0.337. The van der Waals surface area contributed by atoms with Gasteiger partial charge < -0.3 is 4.89 Å². The summed E-state index contributed by atoms with van der Waals surface area (Å²) in [4.78, 5) is 7.26. The summed E-state index contributed by atoms with van der Waals surface area (Å²) in [6.07, 6.45) is 0.154. The Kier molecular flexibility index (Phi) is 6.90. The van der Waals surface area contributed by atoms with Gasteiger partial charge in [-0.05, 0) is 29.8 Å². The Labute approximate surface area is 129 Å². The van der Waals surface area contributed by atoms with Crippen molar-refractivity contribution in [2.45, 2.75) is 28.6 Å². The molecule has 1 aromatic carbocycles. The second kappa shape index (κ2) is 7.80. The first kappa shape index (κ1) is 19.5. The molecule has 12 heteroatoms. The van der Waals surface area contributed by atoms with Gasteiger partial charge in [0.15, 0.2) is 6.79 Å². The fraction of sp³-hybridized carbons (Fsp3) is 0.400. The third-order valence-electron chi connectivity index (χ3n) is 2.30. The molecule has 1 N–H and O–H groups in total. The third-order valence-corrected chi connectivity index (χ3v) is 4.98. The molecule has 0 saturated heterocycles. The molecule has 0 radical (unpaired) electrons. The van der Waals surface area contributed by atoms with Crippen LogP contribution in [0, 0.1) is 0 Å². The Morgan fingerprint density at radius 2 is 2.00 bits per heavy atom. The lowest BCUT2D eigenvalue weighted by atomic mass is 10.2. The van der Waals surface area contributed by atoms with E-state index in [-0.39, 0.29) is 12.0 Å². The third kappa shape index (κ3) is 5.90. The van der Waals surface area contributed by atoms with Crippen molar-refractivity contribution in [2.75, 3.05) is 6.79 Å². The van der Waals surface area contributed by atoms with Gasteiger partial charge in [-0.1, -0.05) is 19.1 Å². The summed E-state index contributed by atoms with van der Waals surface area (Å²) in [5.74, 6) is 0. The highest BCUT2D eigenvalue weighted by Crippen LogP contribution is 2.41. The number of alkyl halides is 3. The Morgan fingerprint density at radius 3 is 2.50 bits per heavy atom. The molecule has 0 spiro atoms. The Morgan fingerprint density at radius 1 is 1.36 bits per heavy atom. The molecule has 1 unspecified atom stereocenters. The molecule has 1 rings (SSSR count). The van der Waals surface area contributed by atoms with E-state index in [0.29, 0.717) is 0 Å². The standard InChI is InChI=1S/C10H12F3O6PS2/c1-2-7-4-3-5-8(21-10(11,12)13)9(7)22(16,17)19-6-18-20(14)15/h3-5,20H,2,6H2,1H3,(H,14,15). The topological polar surface area (TPSA) is 89.9 Å². The summed E-state index contributed by atoms with van der Waals surface area (Å²) in [5, 5.41) is 0. The van der Waals surface area contributed by atoms with Crippen LogP contribution in [0.1, 0.15) is 12.5 Å². The van der Waals surface area contributed by atoms with E-state index < -0.39 is 52.2 Å². The van der Waals surface area contributed by atoms with Crippen molar-refractivity contribution >= 4 is 30.1 Å². The second-order valence-electron chi connectivity index (χ2n) is 3.75. The van der Waals surface area contributed by atoms with Crippen LogP contribution < -0.4 is 0 Å². The molecular formula is C10H12F3O6PS2. The van der Waals surface area contributed by atoms with Gasteiger partial charge in [0.2, 0.25) is 0 Å². The fourth-order valence-corrected chi connectivity index (χ4v) is 3.96. The first-order valence-electron chi connectivity index (χ1n) is 5.69. The van der Waals surface area contributed by atoms with Gasteiger partial charge in [0.05, 0.1) is 0 Å². The van der Waals surface area contributed by atoms with Crippen LogP contribution in [0.2, 0.25) is 0 Å². The normalized spacial score (nSPS) is 14.0. The molecule has 0 aromatic heterocycles. The number of halogens is 3. The van der Waals surface area contributed by atoms with Crippen LogP contribution in [0.25, 0.3) is 0 Å². The lowest BCUT2D eigenvalue weighted by molar-refractivity contribution is -0.0329. The molecule has 6 nitrogen and oxygen atoms in total. The number of hydrogen-bond acceptors (Lipinski definition) is 6. The van der Waals surface area contributed by atoms with Crippen LogP contribution in [0.15, 0.2) is 28.0 Å². The molecule has 0 aliphatic carbocycles. The Hall–Kier alpha value is -0.580. The van der Waals surface area contributed by atoms with Crippen molar-refractivity contribution in [2.24, 2.45) is 0 Å². The summed E-state index contributed by atoms with van der Waals surface area (Å²) in [6, 6.07) is 3.66. The lowest BCUT2D eigenvalue weighted by Crippen LogP contribution is -2.13. The molecule has 0 aliphatic heterocycles. The molecular weight excluding hydrogens is 368 g/mol. The summed E-state index contributed by atoms with van der Waals surface area (Å²) < 4.78 is 80.5. The molecule has 22 heavy (non-hydrogen) atoms. The van der Waals surface area contributed by atoms with Crippen LogP contribution in [0.3, 0.4) is 0 Å². The summed E-state index contributed by atoms with van der Waals surface area (Å²) in [6.45, 7) is 0.504. The van der Waals surface area contributed by atoms with E-state index in [0.717, 1.165) is 6.07 Å². The van der Waals surface area contributed by atoms with Crippen LogP contribution >= 0.6 is 20.0 Å². The van der Waals surface area contributed by atoms with Crippen molar-refractivity contribution < 1.29 is 39.8 Å². The first-order valence-corrected chi connectivity index (χ1v) is 9.18. The van der Waals surface area contributed by atoms with Crippen molar-refractivity contribution in [3.63, 3.8) is 0 Å². The maximum absolute atomic E-state index is 12.5. The average Bonchev–Trinajstić information content (AvgIpc) is 2.35. The molecule has 0 heterocycles. The maximum atomic E-state index is 12.5.